The first-order chi connectivity index (χ1) is 10.2. The van der Waals surface area contributed by atoms with Gasteiger partial charge in [0.2, 0.25) is 11.9 Å². The molecule has 0 unspecified atom stereocenters. The second kappa shape index (κ2) is 7.51. The van der Waals surface area contributed by atoms with Crippen LogP contribution in [-0.2, 0) is 9.47 Å². The molecule has 2 aromatic rings. The summed E-state index contributed by atoms with van der Waals surface area (Å²) in [7, 11) is 1.60. The minimum atomic E-state index is 0.163. The summed E-state index contributed by atoms with van der Waals surface area (Å²) in [4.78, 5) is 14.5. The van der Waals surface area contributed by atoms with E-state index in [1.807, 2.05) is 37.3 Å². The van der Waals surface area contributed by atoms with E-state index in [0.717, 1.165) is 5.56 Å². The highest BCUT2D eigenvalue weighted by molar-refractivity contribution is 5.57. The minimum Gasteiger partial charge on any atom is -0.368 e. The van der Waals surface area contributed by atoms with Gasteiger partial charge in [-0.15, -0.1) is 0 Å². The van der Waals surface area contributed by atoms with Gasteiger partial charge in [0.25, 0.3) is 0 Å². The van der Waals surface area contributed by atoms with Gasteiger partial charge in [-0.05, 0) is 6.92 Å². The lowest BCUT2D eigenvalue weighted by Crippen LogP contribution is -2.30. The molecule has 0 spiro atoms. The van der Waals surface area contributed by atoms with Crippen LogP contribution in [0.4, 0.5) is 11.9 Å². The van der Waals surface area contributed by atoms with Crippen LogP contribution in [0.25, 0.3) is 11.4 Å². The normalized spacial score (nSPS) is 10.6. The number of nitrogens with two attached hydrogens (primary N) is 1. The molecule has 0 aliphatic rings. The molecule has 0 radical (unpaired) electrons. The summed E-state index contributed by atoms with van der Waals surface area (Å²) < 4.78 is 10.5. The standard InChI is InChI=1S/C14H19N5O2/c1-3-21-10-19(9-20-2)14-17-12(16-13(15)18-14)11-7-5-4-6-8-11/h4-8H,3,9-10H2,1-2H3,(H2,15,16,17,18). The van der Waals surface area contributed by atoms with E-state index in [0.29, 0.717) is 31.8 Å². The number of rotatable bonds is 7. The van der Waals surface area contributed by atoms with E-state index >= 15 is 0 Å². The maximum Gasteiger partial charge on any atom is 0.234 e. The van der Waals surface area contributed by atoms with Gasteiger partial charge in [0, 0.05) is 19.3 Å². The molecule has 21 heavy (non-hydrogen) atoms. The van der Waals surface area contributed by atoms with Crippen molar-refractivity contribution in [1.82, 2.24) is 15.0 Å². The molecule has 112 valence electrons. The summed E-state index contributed by atoms with van der Waals surface area (Å²) >= 11 is 0. The molecule has 1 heterocycles. The fraction of sp³-hybridized carbons (Fsp3) is 0.357. The van der Waals surface area contributed by atoms with Crippen molar-refractivity contribution in [3.8, 4) is 11.4 Å². The highest BCUT2D eigenvalue weighted by atomic mass is 16.5. The van der Waals surface area contributed by atoms with Crippen LogP contribution in [0.5, 0.6) is 0 Å². The van der Waals surface area contributed by atoms with Crippen molar-refractivity contribution in [2.75, 3.05) is 37.8 Å². The molecule has 2 N–H and O–H groups in total. The second-order valence-corrected chi connectivity index (χ2v) is 4.26. The van der Waals surface area contributed by atoms with E-state index in [9.17, 15) is 0 Å². The molecule has 0 atom stereocenters. The molecule has 2 rings (SSSR count). The molecular formula is C14H19N5O2. The SMILES string of the molecule is CCOCN(COC)c1nc(N)nc(-c2ccccc2)n1. The lowest BCUT2D eigenvalue weighted by molar-refractivity contribution is 0.112. The molecule has 0 aliphatic carbocycles. The third kappa shape index (κ3) is 4.11. The van der Waals surface area contributed by atoms with Gasteiger partial charge in [-0.1, -0.05) is 30.3 Å². The first kappa shape index (κ1) is 15.1. The highest BCUT2D eigenvalue weighted by Gasteiger charge is 2.13. The molecular weight excluding hydrogens is 270 g/mol. The van der Waals surface area contributed by atoms with E-state index < -0.39 is 0 Å². The summed E-state index contributed by atoms with van der Waals surface area (Å²) in [5.74, 6) is 1.11. The van der Waals surface area contributed by atoms with Gasteiger partial charge in [-0.3, -0.25) is 4.90 Å². The Balaban J connectivity index is 2.32. The van der Waals surface area contributed by atoms with Crippen LogP contribution in [0.2, 0.25) is 0 Å². The second-order valence-electron chi connectivity index (χ2n) is 4.26. The predicted octanol–water partition coefficient (Wildman–Crippen LogP) is 1.53. The Labute approximate surface area is 123 Å². The molecule has 0 bridgehead atoms. The number of nitrogen functional groups attached to an aromatic ring is 1. The zero-order valence-electron chi connectivity index (χ0n) is 12.2. The third-order valence-electron chi connectivity index (χ3n) is 2.69. The topological polar surface area (TPSA) is 86.4 Å². The quantitative estimate of drug-likeness (QED) is 0.773. The van der Waals surface area contributed by atoms with Gasteiger partial charge in [0.15, 0.2) is 5.82 Å². The summed E-state index contributed by atoms with van der Waals surface area (Å²) in [6.07, 6.45) is 0. The van der Waals surface area contributed by atoms with Crippen molar-refractivity contribution in [2.45, 2.75) is 6.92 Å². The molecule has 7 nitrogen and oxygen atoms in total. The van der Waals surface area contributed by atoms with E-state index in [1.165, 1.54) is 0 Å². The first-order valence-electron chi connectivity index (χ1n) is 6.63. The van der Waals surface area contributed by atoms with Crippen LogP contribution in [0.3, 0.4) is 0 Å². The van der Waals surface area contributed by atoms with Crippen LogP contribution >= 0.6 is 0 Å². The van der Waals surface area contributed by atoms with Crippen molar-refractivity contribution in [3.63, 3.8) is 0 Å². The maximum absolute atomic E-state index is 5.79. The highest BCUT2D eigenvalue weighted by Crippen LogP contribution is 2.18. The monoisotopic (exact) mass is 289 g/mol. The Morgan fingerprint density at radius 1 is 1.10 bits per heavy atom. The van der Waals surface area contributed by atoms with Crippen LogP contribution in [-0.4, -0.2) is 42.1 Å². The van der Waals surface area contributed by atoms with E-state index in [1.54, 1.807) is 12.0 Å². The minimum absolute atomic E-state index is 0.163. The van der Waals surface area contributed by atoms with Crippen LogP contribution in [0.1, 0.15) is 6.92 Å². The molecule has 0 aliphatic heterocycles. The lowest BCUT2D eigenvalue weighted by atomic mass is 10.2. The number of benzene rings is 1. The Kier molecular flexibility index (Phi) is 5.42. The Morgan fingerprint density at radius 3 is 2.52 bits per heavy atom. The molecule has 0 amide bonds. The van der Waals surface area contributed by atoms with Gasteiger partial charge in [-0.2, -0.15) is 15.0 Å². The van der Waals surface area contributed by atoms with Gasteiger partial charge in [0.1, 0.15) is 13.5 Å². The van der Waals surface area contributed by atoms with Gasteiger partial charge < -0.3 is 15.2 Å². The lowest BCUT2D eigenvalue weighted by Gasteiger charge is -2.21. The van der Waals surface area contributed by atoms with Gasteiger partial charge >= 0.3 is 0 Å². The fourth-order valence-electron chi connectivity index (χ4n) is 1.75. The van der Waals surface area contributed by atoms with E-state index in [4.69, 9.17) is 15.2 Å². The number of aromatic nitrogens is 3. The number of anilines is 2. The van der Waals surface area contributed by atoms with Crippen molar-refractivity contribution in [2.24, 2.45) is 0 Å². The van der Waals surface area contributed by atoms with Gasteiger partial charge in [-0.25, -0.2) is 0 Å². The summed E-state index contributed by atoms with van der Waals surface area (Å²) in [5.41, 5.74) is 6.67. The summed E-state index contributed by atoms with van der Waals surface area (Å²) in [6.45, 7) is 3.13. The summed E-state index contributed by atoms with van der Waals surface area (Å²) in [5, 5.41) is 0. The molecule has 7 heteroatoms. The maximum atomic E-state index is 5.79. The van der Waals surface area contributed by atoms with Crippen LogP contribution in [0.15, 0.2) is 30.3 Å². The average Bonchev–Trinajstić information content (AvgIpc) is 2.51. The van der Waals surface area contributed by atoms with Gasteiger partial charge in [0.05, 0.1) is 0 Å². The molecule has 0 fully saturated rings. The van der Waals surface area contributed by atoms with Crippen molar-refractivity contribution >= 4 is 11.9 Å². The van der Waals surface area contributed by atoms with Crippen molar-refractivity contribution in [3.05, 3.63) is 30.3 Å². The number of hydrogen-bond acceptors (Lipinski definition) is 7. The zero-order valence-corrected chi connectivity index (χ0v) is 12.2. The van der Waals surface area contributed by atoms with Crippen molar-refractivity contribution in [1.29, 1.82) is 0 Å². The number of ether oxygens (including phenoxy) is 2. The molecule has 1 aromatic carbocycles. The Bertz CT molecular complexity index is 565. The zero-order chi connectivity index (χ0) is 15.1. The Morgan fingerprint density at radius 2 is 1.86 bits per heavy atom. The number of methoxy groups -OCH3 is 1. The van der Waals surface area contributed by atoms with E-state index in [-0.39, 0.29) is 5.95 Å². The van der Waals surface area contributed by atoms with Crippen LogP contribution < -0.4 is 10.6 Å². The molecule has 0 saturated heterocycles. The fourth-order valence-corrected chi connectivity index (χ4v) is 1.75. The van der Waals surface area contributed by atoms with Crippen molar-refractivity contribution < 1.29 is 9.47 Å². The number of hydrogen-bond donors (Lipinski definition) is 1. The first-order valence-corrected chi connectivity index (χ1v) is 6.63. The van der Waals surface area contributed by atoms with E-state index in [2.05, 4.69) is 15.0 Å². The number of nitrogens with zero attached hydrogens (tertiary/aromatic N) is 4. The Hall–Kier alpha value is -2.25. The summed E-state index contributed by atoms with van der Waals surface area (Å²) in [6, 6.07) is 9.61. The molecule has 0 saturated carbocycles. The van der Waals surface area contributed by atoms with Crippen LogP contribution in [0, 0.1) is 0 Å². The predicted molar refractivity (Wildman–Crippen MR) is 80.5 cm³/mol. The largest absolute Gasteiger partial charge is 0.368 e. The molecule has 1 aromatic heterocycles. The third-order valence-corrected chi connectivity index (χ3v) is 2.69. The average molecular weight is 289 g/mol. The smallest absolute Gasteiger partial charge is 0.234 e.